The molecule has 0 saturated carbocycles. The fraction of sp³-hybridized carbons (Fsp3) is 0.814. The molecule has 0 unspecified atom stereocenters. The monoisotopic (exact) mass is 990 g/mol. The second-order valence-electron chi connectivity index (χ2n) is 21.0. The zero-order valence-corrected chi connectivity index (χ0v) is 47.1. The van der Waals surface area contributed by atoms with Crippen LogP contribution in [-0.4, -0.2) is 110 Å². The van der Waals surface area contributed by atoms with Crippen LogP contribution in [0.2, 0.25) is 0 Å². The number of ether oxygens (including phenoxy) is 4. The maximum absolute atomic E-state index is 12.7. The highest BCUT2D eigenvalue weighted by Gasteiger charge is 2.18. The van der Waals surface area contributed by atoms with E-state index in [4.69, 9.17) is 24.1 Å². The largest absolute Gasteiger partial charge is 0.508 e. The minimum Gasteiger partial charge on any atom is -0.460 e. The highest BCUT2D eigenvalue weighted by atomic mass is 16.7. The Balaban J connectivity index is 0. The lowest BCUT2D eigenvalue weighted by molar-refractivity contribution is -0.155. The topological polar surface area (TPSA) is 127 Å². The Morgan fingerprint density at radius 1 is 0.529 bits per heavy atom. The van der Waals surface area contributed by atoms with Crippen LogP contribution in [0.4, 0.5) is 9.59 Å². The summed E-state index contributed by atoms with van der Waals surface area (Å²) < 4.78 is 21.8. The normalized spacial score (nSPS) is 12.3. The molecule has 0 spiro atoms. The molecule has 0 heterocycles. The molecular formula is C59H111N3O8. The third-order valence-corrected chi connectivity index (χ3v) is 11.4. The van der Waals surface area contributed by atoms with Gasteiger partial charge in [0.1, 0.15) is 23.9 Å². The van der Waals surface area contributed by atoms with Gasteiger partial charge in [0.25, 0.3) is 0 Å². The van der Waals surface area contributed by atoms with Gasteiger partial charge in [0.05, 0.1) is 6.61 Å². The van der Waals surface area contributed by atoms with Crippen molar-refractivity contribution in [2.45, 2.75) is 252 Å². The van der Waals surface area contributed by atoms with E-state index >= 15 is 0 Å². The number of aliphatic hydroxyl groups is 1. The third kappa shape index (κ3) is 57.4. The third-order valence-electron chi connectivity index (χ3n) is 11.4. The minimum absolute atomic E-state index is 0.0734. The van der Waals surface area contributed by atoms with Gasteiger partial charge in [-0.3, -0.25) is 4.79 Å². The van der Waals surface area contributed by atoms with Crippen LogP contribution in [0.3, 0.4) is 0 Å². The predicted octanol–water partition coefficient (Wildman–Crippen LogP) is 15.4. The SMILES string of the molecule is CCCCC/C=C\C/C=C\CCCCCCCCC(CCCCCCCC/C=C\C/C=C\CCCCC)OC(=O)OCCN(C)CCCC(=O)OC(C)(C)C.CN(CCO)CCNC(=O)OC(C)(C)C. The summed E-state index contributed by atoms with van der Waals surface area (Å²) in [5.74, 6) is -0.175. The quantitative estimate of drug-likeness (QED) is 0.0264. The molecule has 0 aliphatic rings. The number of esters is 1. The molecule has 1 amide bonds. The number of alkyl carbamates (subject to hydrolysis) is 1. The Bertz CT molecular complexity index is 1270. The van der Waals surface area contributed by atoms with E-state index in [0.717, 1.165) is 45.1 Å². The van der Waals surface area contributed by atoms with Crippen molar-refractivity contribution in [1.29, 1.82) is 0 Å². The molecule has 0 fully saturated rings. The molecule has 70 heavy (non-hydrogen) atoms. The first kappa shape index (κ1) is 68.9. The van der Waals surface area contributed by atoms with E-state index in [1.54, 1.807) is 0 Å². The van der Waals surface area contributed by atoms with E-state index in [-0.39, 0.29) is 25.3 Å². The van der Waals surface area contributed by atoms with Crippen molar-refractivity contribution < 1.29 is 38.4 Å². The Hall–Kier alpha value is -3.15. The summed E-state index contributed by atoms with van der Waals surface area (Å²) in [6, 6.07) is 0. The van der Waals surface area contributed by atoms with Gasteiger partial charge in [-0.25, -0.2) is 9.59 Å². The standard InChI is InChI=1S/C49H89NO5.C10H22N2O3/c1-7-9-11-13-15-17-19-21-23-25-27-29-31-33-35-37-40-46(41-38-36-34-32-30-28-26-24-22-20-18-16-14-12-10-8-2)54-48(52)53-45-44-50(6)43-39-42-47(51)55-49(3,4)5;1-10(2,3)15-9(14)11-5-6-12(4)7-8-13/h15-18,21-24,46H,7-14,19-20,25-45H2,1-6H3;13H,5-8H2,1-4H3,(H,11,14)/b17-15-,18-16-,23-21-,24-22-;. The number of hydrogen-bond donors (Lipinski definition) is 2. The first-order valence-electron chi connectivity index (χ1n) is 28.1. The van der Waals surface area contributed by atoms with Crippen molar-refractivity contribution in [3.05, 3.63) is 48.6 Å². The van der Waals surface area contributed by atoms with Crippen molar-refractivity contribution >= 4 is 18.2 Å². The van der Waals surface area contributed by atoms with Crippen LogP contribution < -0.4 is 5.32 Å². The van der Waals surface area contributed by atoms with E-state index in [0.29, 0.717) is 39.0 Å². The molecule has 0 bridgehead atoms. The molecule has 0 aliphatic carbocycles. The molecule has 0 aromatic carbocycles. The number of aliphatic hydroxyl groups excluding tert-OH is 1. The molecule has 410 valence electrons. The van der Waals surface area contributed by atoms with E-state index < -0.39 is 23.5 Å². The Morgan fingerprint density at radius 3 is 1.40 bits per heavy atom. The molecule has 0 saturated heterocycles. The first-order valence-corrected chi connectivity index (χ1v) is 28.1. The summed E-state index contributed by atoms with van der Waals surface area (Å²) in [7, 11) is 3.86. The average molecular weight is 991 g/mol. The summed E-state index contributed by atoms with van der Waals surface area (Å²) in [5.41, 5.74) is -0.916. The summed E-state index contributed by atoms with van der Waals surface area (Å²) >= 11 is 0. The van der Waals surface area contributed by atoms with Gasteiger partial charge in [-0.2, -0.15) is 0 Å². The van der Waals surface area contributed by atoms with E-state index in [1.165, 1.54) is 128 Å². The first-order chi connectivity index (χ1) is 33.5. The number of carbonyl (C=O) groups is 3. The highest BCUT2D eigenvalue weighted by Crippen LogP contribution is 2.18. The Kier molecular flexibility index (Phi) is 48.7. The molecule has 0 radical (unpaired) electrons. The van der Waals surface area contributed by atoms with Crippen LogP contribution in [0, 0.1) is 0 Å². The Morgan fingerprint density at radius 2 is 0.957 bits per heavy atom. The number of unbranched alkanes of at least 4 members (excludes halogenated alkanes) is 18. The number of allylic oxidation sites excluding steroid dienone is 8. The fourth-order valence-corrected chi connectivity index (χ4v) is 7.38. The summed E-state index contributed by atoms with van der Waals surface area (Å²) in [6.45, 7) is 19.2. The van der Waals surface area contributed by atoms with Gasteiger partial charge in [-0.05, 0) is 158 Å². The molecule has 2 N–H and O–H groups in total. The Labute approximate surface area is 431 Å². The zero-order valence-electron chi connectivity index (χ0n) is 47.1. The zero-order chi connectivity index (χ0) is 52.4. The van der Waals surface area contributed by atoms with Gasteiger partial charge in [0, 0.05) is 32.6 Å². The van der Waals surface area contributed by atoms with Crippen LogP contribution in [0.15, 0.2) is 48.6 Å². The van der Waals surface area contributed by atoms with E-state index in [1.807, 2.05) is 60.5 Å². The number of carbonyl (C=O) groups excluding carboxylic acids is 3. The number of amides is 1. The van der Waals surface area contributed by atoms with Crippen LogP contribution in [0.25, 0.3) is 0 Å². The van der Waals surface area contributed by atoms with Gasteiger partial charge < -0.3 is 39.2 Å². The van der Waals surface area contributed by atoms with Gasteiger partial charge in [0.15, 0.2) is 0 Å². The summed E-state index contributed by atoms with van der Waals surface area (Å²) in [4.78, 5) is 39.8. The summed E-state index contributed by atoms with van der Waals surface area (Å²) in [5, 5.41) is 11.3. The number of nitrogens with one attached hydrogen (secondary N) is 1. The summed E-state index contributed by atoms with van der Waals surface area (Å²) in [6.07, 6.45) is 49.9. The molecule has 0 aliphatic heterocycles. The lowest BCUT2D eigenvalue weighted by atomic mass is 10.0. The maximum Gasteiger partial charge on any atom is 0.508 e. The van der Waals surface area contributed by atoms with Crippen molar-refractivity contribution in [3.63, 3.8) is 0 Å². The number of hydrogen-bond acceptors (Lipinski definition) is 10. The van der Waals surface area contributed by atoms with Gasteiger partial charge in [-0.15, -0.1) is 0 Å². The molecule has 0 atom stereocenters. The lowest BCUT2D eigenvalue weighted by Gasteiger charge is -2.21. The van der Waals surface area contributed by atoms with Crippen LogP contribution in [0.1, 0.15) is 235 Å². The van der Waals surface area contributed by atoms with Crippen LogP contribution in [-0.2, 0) is 23.7 Å². The predicted molar refractivity (Wildman–Crippen MR) is 296 cm³/mol. The van der Waals surface area contributed by atoms with Gasteiger partial charge >= 0.3 is 18.2 Å². The molecule has 11 heteroatoms. The molecule has 0 aromatic heterocycles. The lowest BCUT2D eigenvalue weighted by Crippen LogP contribution is -2.37. The smallest absolute Gasteiger partial charge is 0.460 e. The van der Waals surface area contributed by atoms with Crippen molar-refractivity contribution in [2.75, 3.05) is 60.0 Å². The number of likely N-dealkylation sites (N-methyl/N-ethyl adjacent to an activating group) is 2. The average Bonchev–Trinajstić information content (AvgIpc) is 3.27. The fourth-order valence-electron chi connectivity index (χ4n) is 7.38. The van der Waals surface area contributed by atoms with E-state index in [9.17, 15) is 14.4 Å². The molecular weight excluding hydrogens is 879 g/mol. The molecule has 0 aromatic rings. The van der Waals surface area contributed by atoms with Gasteiger partial charge in [-0.1, -0.05) is 140 Å². The molecule has 0 rings (SSSR count). The van der Waals surface area contributed by atoms with Crippen molar-refractivity contribution in [3.8, 4) is 0 Å². The number of rotatable bonds is 43. The van der Waals surface area contributed by atoms with Crippen molar-refractivity contribution in [1.82, 2.24) is 15.1 Å². The van der Waals surface area contributed by atoms with Crippen LogP contribution in [0.5, 0.6) is 0 Å². The maximum atomic E-state index is 12.7. The molecule has 11 nitrogen and oxygen atoms in total. The van der Waals surface area contributed by atoms with Crippen molar-refractivity contribution in [2.24, 2.45) is 0 Å². The van der Waals surface area contributed by atoms with Crippen LogP contribution >= 0.6 is 0 Å². The highest BCUT2D eigenvalue weighted by molar-refractivity contribution is 5.69. The second-order valence-corrected chi connectivity index (χ2v) is 21.0. The number of nitrogens with zero attached hydrogens (tertiary/aromatic N) is 2. The van der Waals surface area contributed by atoms with E-state index in [2.05, 4.69) is 72.7 Å². The van der Waals surface area contributed by atoms with Gasteiger partial charge in [0.2, 0.25) is 0 Å². The second kappa shape index (κ2) is 49.4. The minimum atomic E-state index is -0.549.